The van der Waals surface area contributed by atoms with Gasteiger partial charge in [0, 0.05) is 17.8 Å². The Bertz CT molecular complexity index is 649. The molecule has 3 rings (SSSR count). The van der Waals surface area contributed by atoms with Gasteiger partial charge in [-0.1, -0.05) is 17.7 Å². The number of halogens is 1. The Morgan fingerprint density at radius 3 is 3.18 bits per heavy atom. The zero-order valence-corrected chi connectivity index (χ0v) is 13.0. The van der Waals surface area contributed by atoms with Gasteiger partial charge in [0.2, 0.25) is 0 Å². The fraction of sp³-hybridized carbons (Fsp3) is 0.375. The maximum atomic E-state index is 12.1. The van der Waals surface area contributed by atoms with Crippen LogP contribution in [0.5, 0.6) is 0 Å². The lowest BCUT2D eigenvalue weighted by molar-refractivity contribution is 0.0951. The van der Waals surface area contributed by atoms with E-state index < -0.39 is 0 Å². The average Bonchev–Trinajstić information content (AvgIpc) is 3.19. The zero-order valence-electron chi connectivity index (χ0n) is 12.3. The smallest absolute Gasteiger partial charge is 0.254 e. The van der Waals surface area contributed by atoms with E-state index in [0.29, 0.717) is 23.0 Å². The monoisotopic (exact) mass is 318 g/mol. The Kier molecular flexibility index (Phi) is 4.75. The van der Waals surface area contributed by atoms with Crippen LogP contribution in [-0.4, -0.2) is 35.3 Å². The van der Waals surface area contributed by atoms with Crippen molar-refractivity contribution in [3.8, 4) is 5.69 Å². The molecule has 0 bridgehead atoms. The predicted molar refractivity (Wildman–Crippen MR) is 86.5 cm³/mol. The Hall–Kier alpha value is -1.85. The molecule has 0 aliphatic carbocycles. The molecule has 0 radical (unpaired) electrons. The first kappa shape index (κ1) is 15.1. The Balaban J connectivity index is 1.57. The number of benzene rings is 1. The molecule has 116 valence electrons. The lowest BCUT2D eigenvalue weighted by atomic mass is 10.1. The van der Waals surface area contributed by atoms with Crippen LogP contribution in [0.3, 0.4) is 0 Å². The largest absolute Gasteiger partial charge is 0.352 e. The number of hydrogen-bond donors (Lipinski definition) is 2. The maximum absolute atomic E-state index is 12.1. The van der Waals surface area contributed by atoms with E-state index in [4.69, 9.17) is 11.6 Å². The van der Waals surface area contributed by atoms with Gasteiger partial charge >= 0.3 is 0 Å². The van der Waals surface area contributed by atoms with Gasteiger partial charge in [-0.2, -0.15) is 5.10 Å². The van der Waals surface area contributed by atoms with Gasteiger partial charge in [0.15, 0.2) is 0 Å². The summed E-state index contributed by atoms with van der Waals surface area (Å²) in [7, 11) is 0. The summed E-state index contributed by atoms with van der Waals surface area (Å²) in [6, 6.07) is 7.37. The Morgan fingerprint density at radius 2 is 2.41 bits per heavy atom. The van der Waals surface area contributed by atoms with Gasteiger partial charge in [0.05, 0.1) is 17.4 Å². The first-order valence-corrected chi connectivity index (χ1v) is 7.90. The maximum Gasteiger partial charge on any atom is 0.254 e. The van der Waals surface area contributed by atoms with Crippen molar-refractivity contribution < 1.29 is 4.79 Å². The first-order chi connectivity index (χ1) is 10.7. The molecule has 2 heterocycles. The molecule has 0 saturated carbocycles. The van der Waals surface area contributed by atoms with Gasteiger partial charge in [-0.15, -0.1) is 0 Å². The molecule has 0 spiro atoms. The Morgan fingerprint density at radius 1 is 1.50 bits per heavy atom. The quantitative estimate of drug-likeness (QED) is 0.889. The summed E-state index contributed by atoms with van der Waals surface area (Å²) in [5.74, 6) is 0.591. The van der Waals surface area contributed by atoms with E-state index in [0.717, 1.165) is 25.2 Å². The highest BCUT2D eigenvalue weighted by atomic mass is 35.5. The van der Waals surface area contributed by atoms with E-state index in [-0.39, 0.29) is 5.91 Å². The van der Waals surface area contributed by atoms with Gasteiger partial charge in [0.25, 0.3) is 5.91 Å². The standard InChI is InChI=1S/C16H19ClN4O/c17-14-2-1-3-15(8-14)21-11-13(10-20-21)16(22)19-7-5-12-4-6-18-9-12/h1-3,8,10-12,18H,4-7,9H2,(H,19,22). The van der Waals surface area contributed by atoms with Crippen molar-refractivity contribution in [3.63, 3.8) is 0 Å². The molecule has 22 heavy (non-hydrogen) atoms. The number of amides is 1. The summed E-state index contributed by atoms with van der Waals surface area (Å²) in [6.45, 7) is 2.85. The van der Waals surface area contributed by atoms with Crippen molar-refractivity contribution in [1.82, 2.24) is 20.4 Å². The molecule has 1 aliphatic rings. The summed E-state index contributed by atoms with van der Waals surface area (Å²) in [6.07, 6.45) is 5.51. The molecule has 5 nitrogen and oxygen atoms in total. The van der Waals surface area contributed by atoms with Crippen LogP contribution < -0.4 is 10.6 Å². The minimum absolute atomic E-state index is 0.0840. The van der Waals surface area contributed by atoms with Crippen molar-refractivity contribution in [2.24, 2.45) is 5.92 Å². The molecule has 2 aromatic rings. The number of hydrogen-bond acceptors (Lipinski definition) is 3. The van der Waals surface area contributed by atoms with Crippen molar-refractivity contribution in [2.45, 2.75) is 12.8 Å². The summed E-state index contributed by atoms with van der Waals surface area (Å²) in [5.41, 5.74) is 1.40. The third-order valence-electron chi connectivity index (χ3n) is 3.92. The average molecular weight is 319 g/mol. The number of rotatable bonds is 5. The normalized spacial score (nSPS) is 17.6. The number of carbonyl (C=O) groups excluding carboxylic acids is 1. The highest BCUT2D eigenvalue weighted by Gasteiger charge is 2.15. The number of nitrogens with zero attached hydrogens (tertiary/aromatic N) is 2. The van der Waals surface area contributed by atoms with Gasteiger partial charge in [0.1, 0.15) is 0 Å². The molecule has 1 aromatic carbocycles. The van der Waals surface area contributed by atoms with Gasteiger partial charge in [-0.25, -0.2) is 4.68 Å². The van der Waals surface area contributed by atoms with E-state index in [1.165, 1.54) is 6.42 Å². The molecule has 6 heteroatoms. The van der Waals surface area contributed by atoms with Gasteiger partial charge in [-0.05, 0) is 50.0 Å². The highest BCUT2D eigenvalue weighted by Crippen LogP contribution is 2.15. The van der Waals surface area contributed by atoms with Crippen LogP contribution in [0, 0.1) is 5.92 Å². The molecule has 2 N–H and O–H groups in total. The molecule has 1 unspecified atom stereocenters. The number of nitrogens with one attached hydrogen (secondary N) is 2. The van der Waals surface area contributed by atoms with Crippen LogP contribution in [0.15, 0.2) is 36.7 Å². The van der Waals surface area contributed by atoms with Crippen molar-refractivity contribution in [1.29, 1.82) is 0 Å². The fourth-order valence-electron chi connectivity index (χ4n) is 2.65. The second-order valence-corrected chi connectivity index (χ2v) is 5.99. The number of aromatic nitrogens is 2. The minimum atomic E-state index is -0.0840. The summed E-state index contributed by atoms with van der Waals surface area (Å²) >= 11 is 5.97. The van der Waals surface area contributed by atoms with E-state index >= 15 is 0 Å². The lowest BCUT2D eigenvalue weighted by Crippen LogP contribution is -2.26. The van der Waals surface area contributed by atoms with Gasteiger partial charge in [-0.3, -0.25) is 4.79 Å². The predicted octanol–water partition coefficient (Wildman–Crippen LogP) is 2.26. The first-order valence-electron chi connectivity index (χ1n) is 7.52. The van der Waals surface area contributed by atoms with Crippen molar-refractivity contribution >= 4 is 17.5 Å². The van der Waals surface area contributed by atoms with E-state index in [9.17, 15) is 4.79 Å². The molecule has 1 aliphatic heterocycles. The molecular formula is C16H19ClN4O. The fourth-order valence-corrected chi connectivity index (χ4v) is 2.84. The van der Waals surface area contributed by atoms with E-state index in [1.807, 2.05) is 18.2 Å². The van der Waals surface area contributed by atoms with Crippen LogP contribution >= 0.6 is 11.6 Å². The Labute approximate surface area is 134 Å². The second-order valence-electron chi connectivity index (χ2n) is 5.56. The van der Waals surface area contributed by atoms with Crippen LogP contribution in [0.25, 0.3) is 5.69 Å². The van der Waals surface area contributed by atoms with E-state index in [2.05, 4.69) is 15.7 Å². The highest BCUT2D eigenvalue weighted by molar-refractivity contribution is 6.30. The molecule has 1 atom stereocenters. The van der Waals surface area contributed by atoms with Crippen LogP contribution in [0.4, 0.5) is 0 Å². The molecule has 1 fully saturated rings. The molecule has 1 aromatic heterocycles. The molecule has 1 amide bonds. The summed E-state index contributed by atoms with van der Waals surface area (Å²) in [5, 5.41) is 11.2. The topological polar surface area (TPSA) is 59.0 Å². The summed E-state index contributed by atoms with van der Waals surface area (Å²) < 4.78 is 1.65. The summed E-state index contributed by atoms with van der Waals surface area (Å²) in [4.78, 5) is 12.1. The van der Waals surface area contributed by atoms with Crippen LogP contribution in [0.1, 0.15) is 23.2 Å². The second kappa shape index (κ2) is 6.94. The van der Waals surface area contributed by atoms with Crippen LogP contribution in [0.2, 0.25) is 5.02 Å². The van der Waals surface area contributed by atoms with Crippen LogP contribution in [-0.2, 0) is 0 Å². The minimum Gasteiger partial charge on any atom is -0.352 e. The molecular weight excluding hydrogens is 300 g/mol. The van der Waals surface area contributed by atoms with E-state index in [1.54, 1.807) is 23.1 Å². The van der Waals surface area contributed by atoms with Crippen molar-refractivity contribution in [3.05, 3.63) is 47.2 Å². The lowest BCUT2D eigenvalue weighted by Gasteiger charge is -2.08. The van der Waals surface area contributed by atoms with Gasteiger partial charge < -0.3 is 10.6 Å². The van der Waals surface area contributed by atoms with Crippen molar-refractivity contribution in [2.75, 3.05) is 19.6 Å². The third kappa shape index (κ3) is 3.67. The SMILES string of the molecule is O=C(NCCC1CCNC1)c1cnn(-c2cccc(Cl)c2)c1. The third-order valence-corrected chi connectivity index (χ3v) is 4.15. The molecule has 1 saturated heterocycles. The number of carbonyl (C=O) groups is 1. The zero-order chi connectivity index (χ0) is 15.4.